The van der Waals surface area contributed by atoms with Crippen LogP contribution in [-0.4, -0.2) is 17.6 Å². The highest BCUT2D eigenvalue weighted by atomic mass is 79.9. The van der Waals surface area contributed by atoms with Crippen LogP contribution in [0.4, 0.5) is 5.82 Å². The summed E-state index contributed by atoms with van der Waals surface area (Å²) < 4.78 is 0.920. The topological polar surface area (TPSA) is 16.1 Å². The fourth-order valence-corrected chi connectivity index (χ4v) is 2.17. The maximum atomic E-state index is 4.45. The maximum Gasteiger partial charge on any atom is 0.130 e. The monoisotopic (exact) mass is 240 g/mol. The van der Waals surface area contributed by atoms with Gasteiger partial charge in [-0.15, -0.1) is 0 Å². The fourth-order valence-electron chi connectivity index (χ4n) is 1.83. The quantitative estimate of drug-likeness (QED) is 0.703. The molecule has 0 aliphatic carbocycles. The Labute approximate surface area is 87.1 Å². The lowest BCUT2D eigenvalue weighted by molar-refractivity contribution is 0.726. The van der Waals surface area contributed by atoms with Crippen LogP contribution in [0.2, 0.25) is 0 Å². The van der Waals surface area contributed by atoms with Crippen molar-refractivity contribution in [3.63, 3.8) is 0 Å². The first kappa shape index (κ1) is 9.00. The number of nitrogens with zero attached hydrogens (tertiary/aromatic N) is 2. The number of halogens is 1. The molecule has 1 saturated heterocycles. The van der Waals surface area contributed by atoms with Crippen molar-refractivity contribution in [3.8, 4) is 0 Å². The average molecular weight is 241 g/mol. The lowest BCUT2D eigenvalue weighted by atomic mass is 10.2. The number of pyridine rings is 1. The Morgan fingerprint density at radius 2 is 2.38 bits per heavy atom. The largest absolute Gasteiger partial charge is 0.354 e. The summed E-state index contributed by atoms with van der Waals surface area (Å²) in [6.07, 6.45) is 2.57. The van der Waals surface area contributed by atoms with Crippen LogP contribution >= 0.6 is 15.9 Å². The number of anilines is 1. The third-order valence-electron chi connectivity index (χ3n) is 2.55. The molecule has 0 aromatic carbocycles. The van der Waals surface area contributed by atoms with Crippen LogP contribution in [0.15, 0.2) is 22.8 Å². The van der Waals surface area contributed by atoms with Gasteiger partial charge in [-0.25, -0.2) is 4.98 Å². The molecule has 1 aromatic rings. The second-order valence-corrected chi connectivity index (χ2v) is 4.32. The second-order valence-electron chi connectivity index (χ2n) is 3.50. The summed E-state index contributed by atoms with van der Waals surface area (Å²) in [5.74, 6) is 1.10. The highest BCUT2D eigenvalue weighted by Crippen LogP contribution is 2.24. The molecule has 0 spiro atoms. The first-order chi connectivity index (χ1) is 6.27. The van der Waals surface area contributed by atoms with E-state index in [1.807, 2.05) is 12.1 Å². The molecule has 1 aromatic heterocycles. The Hall–Kier alpha value is -0.570. The minimum Gasteiger partial charge on any atom is -0.354 e. The van der Waals surface area contributed by atoms with E-state index in [1.54, 1.807) is 0 Å². The van der Waals surface area contributed by atoms with Crippen LogP contribution in [0.25, 0.3) is 0 Å². The molecule has 0 bridgehead atoms. The molecule has 1 aliphatic rings. The van der Waals surface area contributed by atoms with E-state index in [-0.39, 0.29) is 0 Å². The molecule has 1 unspecified atom stereocenters. The molecule has 3 heteroatoms. The van der Waals surface area contributed by atoms with E-state index in [1.165, 1.54) is 12.8 Å². The Balaban J connectivity index is 2.24. The van der Waals surface area contributed by atoms with Gasteiger partial charge in [0, 0.05) is 12.6 Å². The Kier molecular flexibility index (Phi) is 2.54. The molecule has 13 heavy (non-hydrogen) atoms. The molecule has 2 nitrogen and oxygen atoms in total. The van der Waals surface area contributed by atoms with E-state index in [0.717, 1.165) is 17.0 Å². The number of aromatic nitrogens is 1. The van der Waals surface area contributed by atoms with Gasteiger partial charge in [0.05, 0.1) is 0 Å². The summed E-state index contributed by atoms with van der Waals surface area (Å²) in [6, 6.07) is 6.72. The van der Waals surface area contributed by atoms with E-state index in [4.69, 9.17) is 0 Å². The predicted octanol–water partition coefficient (Wildman–Crippen LogP) is 2.83. The molecule has 0 amide bonds. The zero-order valence-electron chi connectivity index (χ0n) is 7.70. The number of hydrogen-bond donors (Lipinski definition) is 0. The van der Waals surface area contributed by atoms with Gasteiger partial charge in [0.15, 0.2) is 0 Å². The van der Waals surface area contributed by atoms with Crippen LogP contribution in [0.3, 0.4) is 0 Å². The fraction of sp³-hybridized carbons (Fsp3) is 0.500. The molecular weight excluding hydrogens is 228 g/mol. The van der Waals surface area contributed by atoms with Crippen molar-refractivity contribution < 1.29 is 0 Å². The van der Waals surface area contributed by atoms with Crippen molar-refractivity contribution in [1.29, 1.82) is 0 Å². The maximum absolute atomic E-state index is 4.45. The summed E-state index contributed by atoms with van der Waals surface area (Å²) in [5.41, 5.74) is 0. The van der Waals surface area contributed by atoms with Crippen LogP contribution in [-0.2, 0) is 0 Å². The minimum absolute atomic E-state index is 0.641. The molecule has 70 valence electrons. The van der Waals surface area contributed by atoms with Gasteiger partial charge in [0.2, 0.25) is 0 Å². The van der Waals surface area contributed by atoms with Gasteiger partial charge in [-0.1, -0.05) is 6.07 Å². The van der Waals surface area contributed by atoms with Crippen molar-refractivity contribution in [1.82, 2.24) is 4.98 Å². The Bertz CT molecular complexity index is 301. The van der Waals surface area contributed by atoms with Gasteiger partial charge >= 0.3 is 0 Å². The number of hydrogen-bond acceptors (Lipinski definition) is 2. The standard InChI is InChI=1S/C10H13BrN2/c1-8-4-3-7-13(8)10-6-2-5-9(11)12-10/h2,5-6,8H,3-4,7H2,1H3. The number of rotatable bonds is 1. The van der Waals surface area contributed by atoms with Crippen LogP contribution < -0.4 is 4.90 Å². The van der Waals surface area contributed by atoms with Crippen molar-refractivity contribution in [2.45, 2.75) is 25.8 Å². The average Bonchev–Trinajstić information content (AvgIpc) is 2.51. The van der Waals surface area contributed by atoms with Crippen molar-refractivity contribution >= 4 is 21.7 Å². The Morgan fingerprint density at radius 1 is 1.54 bits per heavy atom. The molecule has 0 radical (unpaired) electrons. The summed E-state index contributed by atoms with van der Waals surface area (Å²) in [6.45, 7) is 3.40. The molecule has 1 fully saturated rings. The summed E-state index contributed by atoms with van der Waals surface area (Å²) in [5, 5.41) is 0. The molecule has 2 rings (SSSR count). The van der Waals surface area contributed by atoms with Crippen molar-refractivity contribution in [2.75, 3.05) is 11.4 Å². The van der Waals surface area contributed by atoms with Crippen LogP contribution in [0.5, 0.6) is 0 Å². The molecular formula is C10H13BrN2. The lowest BCUT2D eigenvalue weighted by Gasteiger charge is -2.22. The van der Waals surface area contributed by atoms with Gasteiger partial charge < -0.3 is 4.90 Å². The minimum atomic E-state index is 0.641. The predicted molar refractivity (Wildman–Crippen MR) is 58.0 cm³/mol. The smallest absolute Gasteiger partial charge is 0.130 e. The van der Waals surface area contributed by atoms with Gasteiger partial charge in [-0.05, 0) is 47.8 Å². The van der Waals surface area contributed by atoms with E-state index in [2.05, 4.69) is 38.8 Å². The third-order valence-corrected chi connectivity index (χ3v) is 2.99. The van der Waals surface area contributed by atoms with E-state index >= 15 is 0 Å². The van der Waals surface area contributed by atoms with E-state index in [9.17, 15) is 0 Å². The van der Waals surface area contributed by atoms with Crippen molar-refractivity contribution in [2.24, 2.45) is 0 Å². The van der Waals surface area contributed by atoms with Gasteiger partial charge in [0.25, 0.3) is 0 Å². The first-order valence-electron chi connectivity index (χ1n) is 4.66. The Morgan fingerprint density at radius 3 is 3.00 bits per heavy atom. The second kappa shape index (κ2) is 3.66. The van der Waals surface area contributed by atoms with Crippen LogP contribution in [0, 0.1) is 0 Å². The van der Waals surface area contributed by atoms with Gasteiger partial charge in [-0.3, -0.25) is 0 Å². The summed E-state index contributed by atoms with van der Waals surface area (Å²) >= 11 is 3.39. The summed E-state index contributed by atoms with van der Waals surface area (Å²) in [7, 11) is 0. The molecule has 1 atom stereocenters. The van der Waals surface area contributed by atoms with Crippen LogP contribution in [0.1, 0.15) is 19.8 Å². The zero-order valence-corrected chi connectivity index (χ0v) is 9.29. The summed E-state index contributed by atoms with van der Waals surface area (Å²) in [4.78, 5) is 6.81. The van der Waals surface area contributed by atoms with E-state index < -0.39 is 0 Å². The lowest BCUT2D eigenvalue weighted by Crippen LogP contribution is -2.27. The third kappa shape index (κ3) is 1.85. The van der Waals surface area contributed by atoms with Crippen molar-refractivity contribution in [3.05, 3.63) is 22.8 Å². The molecule has 0 saturated carbocycles. The molecule has 0 N–H and O–H groups in total. The molecule has 1 aliphatic heterocycles. The zero-order chi connectivity index (χ0) is 9.26. The molecule has 2 heterocycles. The first-order valence-corrected chi connectivity index (χ1v) is 5.46. The van der Waals surface area contributed by atoms with E-state index in [0.29, 0.717) is 6.04 Å². The highest BCUT2D eigenvalue weighted by molar-refractivity contribution is 9.10. The highest BCUT2D eigenvalue weighted by Gasteiger charge is 2.21. The van der Waals surface area contributed by atoms with Gasteiger partial charge in [0.1, 0.15) is 10.4 Å². The SMILES string of the molecule is CC1CCCN1c1cccc(Br)n1. The van der Waals surface area contributed by atoms with Gasteiger partial charge in [-0.2, -0.15) is 0 Å². The normalized spacial score (nSPS) is 22.3.